The topological polar surface area (TPSA) is 107 Å². The van der Waals surface area contributed by atoms with Crippen LogP contribution in [0, 0.1) is 10.1 Å². The van der Waals surface area contributed by atoms with Crippen molar-refractivity contribution in [2.75, 3.05) is 6.54 Å². The Bertz CT molecular complexity index is 753. The smallest absolute Gasteiger partial charge is 0.270 e. The summed E-state index contributed by atoms with van der Waals surface area (Å²) in [5.74, 6) is -0.855. The van der Waals surface area contributed by atoms with Gasteiger partial charge < -0.3 is 9.88 Å². The summed E-state index contributed by atoms with van der Waals surface area (Å²) in [5, 5.41) is 13.3. The molecule has 0 aliphatic carbocycles. The molecule has 0 fully saturated rings. The molecule has 0 bridgehead atoms. The van der Waals surface area contributed by atoms with Gasteiger partial charge in [0.1, 0.15) is 0 Å². The first-order valence-corrected chi connectivity index (χ1v) is 7.26. The largest absolute Gasteiger partial charge is 0.352 e. The second kappa shape index (κ2) is 8.37. The number of imidazole rings is 1. The molecule has 0 aliphatic rings. The lowest BCUT2D eigenvalue weighted by Crippen LogP contribution is -2.23. The van der Waals surface area contributed by atoms with Gasteiger partial charge in [-0.15, -0.1) is 0 Å². The molecule has 0 unspecified atom stereocenters. The summed E-state index contributed by atoms with van der Waals surface area (Å²) < 4.78 is 1.90. The van der Waals surface area contributed by atoms with Gasteiger partial charge in [0.2, 0.25) is 5.91 Å². The monoisotopic (exact) mass is 328 g/mol. The van der Waals surface area contributed by atoms with Crippen molar-refractivity contribution in [3.63, 3.8) is 0 Å². The van der Waals surface area contributed by atoms with Crippen LogP contribution in [0.3, 0.4) is 0 Å². The Morgan fingerprint density at radius 3 is 2.88 bits per heavy atom. The van der Waals surface area contributed by atoms with Gasteiger partial charge in [-0.3, -0.25) is 19.7 Å². The van der Waals surface area contributed by atoms with Crippen LogP contribution in [0.5, 0.6) is 0 Å². The highest BCUT2D eigenvalue weighted by atomic mass is 16.6. The average Bonchev–Trinajstić information content (AvgIpc) is 3.10. The number of allylic oxidation sites excluding steroid dienone is 1. The van der Waals surface area contributed by atoms with E-state index in [-0.39, 0.29) is 17.2 Å². The van der Waals surface area contributed by atoms with E-state index >= 15 is 0 Å². The number of aryl methyl sites for hydroxylation is 1. The van der Waals surface area contributed by atoms with Gasteiger partial charge in [-0.1, -0.05) is 12.1 Å². The standard InChI is InChI=1S/C16H16N4O4/c21-15(13-3-1-4-14(11-13)20(23)24)5-6-16(22)18-7-2-9-19-10-8-17-12-19/h1,3-6,8,10-12H,2,7,9H2,(H,18,22)/b6-5+. The Labute approximate surface area is 138 Å². The fraction of sp³-hybridized carbons (Fsp3) is 0.188. The summed E-state index contributed by atoms with van der Waals surface area (Å²) in [6.07, 6.45) is 8.16. The summed E-state index contributed by atoms with van der Waals surface area (Å²) in [4.78, 5) is 37.6. The number of carbonyl (C=O) groups excluding carboxylic acids is 2. The molecule has 0 aliphatic heterocycles. The van der Waals surface area contributed by atoms with Crippen molar-refractivity contribution >= 4 is 17.4 Å². The van der Waals surface area contributed by atoms with Crippen molar-refractivity contribution < 1.29 is 14.5 Å². The summed E-state index contributed by atoms with van der Waals surface area (Å²) in [6.45, 7) is 1.20. The minimum Gasteiger partial charge on any atom is -0.352 e. The zero-order valence-electron chi connectivity index (χ0n) is 12.8. The predicted molar refractivity (Wildman–Crippen MR) is 86.4 cm³/mol. The minimum absolute atomic E-state index is 0.161. The van der Waals surface area contributed by atoms with Gasteiger partial charge in [-0.05, 0) is 12.5 Å². The average molecular weight is 328 g/mol. The third kappa shape index (κ3) is 5.16. The van der Waals surface area contributed by atoms with E-state index in [1.807, 2.05) is 10.8 Å². The summed E-state index contributed by atoms with van der Waals surface area (Å²) in [6, 6.07) is 5.36. The van der Waals surface area contributed by atoms with Gasteiger partial charge in [-0.2, -0.15) is 0 Å². The third-order valence-corrected chi connectivity index (χ3v) is 3.18. The zero-order chi connectivity index (χ0) is 17.4. The second-order valence-corrected chi connectivity index (χ2v) is 4.95. The van der Waals surface area contributed by atoms with Crippen LogP contribution in [-0.4, -0.2) is 32.7 Å². The number of nitrogens with zero attached hydrogens (tertiary/aromatic N) is 3. The number of nitrogens with one attached hydrogen (secondary N) is 1. The number of hydrogen-bond acceptors (Lipinski definition) is 5. The van der Waals surface area contributed by atoms with E-state index in [9.17, 15) is 19.7 Å². The molecule has 0 spiro atoms. The van der Waals surface area contributed by atoms with Crippen LogP contribution in [0.15, 0.2) is 55.1 Å². The molecule has 0 saturated heterocycles. The van der Waals surface area contributed by atoms with Gasteiger partial charge in [-0.25, -0.2) is 4.98 Å². The van der Waals surface area contributed by atoms with E-state index in [2.05, 4.69) is 10.3 Å². The normalized spacial score (nSPS) is 10.7. The van der Waals surface area contributed by atoms with Crippen molar-refractivity contribution in [3.05, 3.63) is 70.8 Å². The van der Waals surface area contributed by atoms with Crippen molar-refractivity contribution in [1.82, 2.24) is 14.9 Å². The van der Waals surface area contributed by atoms with Gasteiger partial charge in [0.25, 0.3) is 5.69 Å². The first kappa shape index (κ1) is 17.1. The van der Waals surface area contributed by atoms with Crippen LogP contribution in [0.4, 0.5) is 5.69 Å². The molecular formula is C16H16N4O4. The van der Waals surface area contributed by atoms with Gasteiger partial charge in [0.05, 0.1) is 11.3 Å². The maximum atomic E-state index is 11.9. The Kier molecular flexibility index (Phi) is 5.95. The fourth-order valence-corrected chi connectivity index (χ4v) is 1.97. The van der Waals surface area contributed by atoms with Crippen LogP contribution < -0.4 is 5.32 Å². The zero-order valence-corrected chi connectivity index (χ0v) is 12.8. The van der Waals surface area contributed by atoms with E-state index in [4.69, 9.17) is 0 Å². The SMILES string of the molecule is O=C(/C=C/C(=O)c1cccc([N+](=O)[O-])c1)NCCCn1ccnc1. The van der Waals surface area contributed by atoms with E-state index in [1.165, 1.54) is 24.3 Å². The highest BCUT2D eigenvalue weighted by Gasteiger charge is 2.09. The number of hydrogen-bond donors (Lipinski definition) is 1. The Balaban J connectivity index is 1.79. The number of aromatic nitrogens is 2. The van der Waals surface area contributed by atoms with Crippen LogP contribution in [0.2, 0.25) is 0 Å². The Hall–Kier alpha value is -3.29. The first-order chi connectivity index (χ1) is 11.6. The lowest BCUT2D eigenvalue weighted by Gasteiger charge is -2.03. The van der Waals surface area contributed by atoms with Gasteiger partial charge >= 0.3 is 0 Å². The number of non-ortho nitro benzene ring substituents is 1. The molecule has 8 heteroatoms. The first-order valence-electron chi connectivity index (χ1n) is 7.26. The maximum absolute atomic E-state index is 11.9. The molecule has 24 heavy (non-hydrogen) atoms. The molecule has 1 aromatic heterocycles. The molecule has 124 valence electrons. The van der Waals surface area contributed by atoms with E-state index in [0.717, 1.165) is 25.1 Å². The number of rotatable bonds is 8. The Morgan fingerprint density at radius 2 is 2.17 bits per heavy atom. The summed E-state index contributed by atoms with van der Waals surface area (Å²) in [7, 11) is 0. The molecule has 1 heterocycles. The lowest BCUT2D eigenvalue weighted by atomic mass is 10.1. The van der Waals surface area contributed by atoms with Crippen LogP contribution >= 0.6 is 0 Å². The van der Waals surface area contributed by atoms with E-state index in [0.29, 0.717) is 6.54 Å². The van der Waals surface area contributed by atoms with Gasteiger partial charge in [0.15, 0.2) is 5.78 Å². The molecule has 2 rings (SSSR count). The van der Waals surface area contributed by atoms with E-state index in [1.54, 1.807) is 12.5 Å². The Morgan fingerprint density at radius 1 is 1.33 bits per heavy atom. The molecule has 8 nitrogen and oxygen atoms in total. The summed E-state index contributed by atoms with van der Waals surface area (Å²) >= 11 is 0. The number of amides is 1. The fourth-order valence-electron chi connectivity index (χ4n) is 1.97. The van der Waals surface area contributed by atoms with Gasteiger partial charge in [0, 0.05) is 49.3 Å². The predicted octanol–water partition coefficient (Wildman–Crippen LogP) is 1.74. The van der Waals surface area contributed by atoms with Crippen LogP contribution in [0.25, 0.3) is 0 Å². The van der Waals surface area contributed by atoms with Crippen molar-refractivity contribution in [1.29, 1.82) is 0 Å². The highest BCUT2D eigenvalue weighted by Crippen LogP contribution is 2.13. The quantitative estimate of drug-likeness (QED) is 0.261. The molecule has 0 atom stereocenters. The number of nitro groups is 1. The third-order valence-electron chi connectivity index (χ3n) is 3.18. The summed E-state index contributed by atoms with van der Waals surface area (Å²) in [5.41, 5.74) is -0.00781. The van der Waals surface area contributed by atoms with Crippen molar-refractivity contribution in [3.8, 4) is 0 Å². The maximum Gasteiger partial charge on any atom is 0.270 e. The second-order valence-electron chi connectivity index (χ2n) is 4.95. The number of carbonyl (C=O) groups is 2. The van der Waals surface area contributed by atoms with Crippen LogP contribution in [-0.2, 0) is 11.3 Å². The van der Waals surface area contributed by atoms with Crippen molar-refractivity contribution in [2.45, 2.75) is 13.0 Å². The van der Waals surface area contributed by atoms with E-state index < -0.39 is 10.7 Å². The number of nitro benzene ring substituents is 1. The number of benzene rings is 1. The molecule has 0 radical (unpaired) electrons. The molecular weight excluding hydrogens is 312 g/mol. The number of ketones is 1. The highest BCUT2D eigenvalue weighted by molar-refractivity contribution is 6.07. The molecule has 1 N–H and O–H groups in total. The molecule has 1 amide bonds. The minimum atomic E-state index is -0.576. The molecule has 2 aromatic rings. The molecule has 0 saturated carbocycles. The lowest BCUT2D eigenvalue weighted by molar-refractivity contribution is -0.384. The van der Waals surface area contributed by atoms with Crippen LogP contribution in [0.1, 0.15) is 16.8 Å². The van der Waals surface area contributed by atoms with Crippen molar-refractivity contribution in [2.24, 2.45) is 0 Å². The molecule has 1 aromatic carbocycles.